The zero-order chi connectivity index (χ0) is 21.5. The summed E-state index contributed by atoms with van der Waals surface area (Å²) in [6.45, 7) is 1.53. The lowest BCUT2D eigenvalue weighted by atomic mass is 10.1. The summed E-state index contributed by atoms with van der Waals surface area (Å²) in [6, 6.07) is 21.7. The van der Waals surface area contributed by atoms with E-state index < -0.39 is 0 Å². The summed E-state index contributed by atoms with van der Waals surface area (Å²) in [6.07, 6.45) is 0. The standard InChI is InChI=1S/C23H19ClN2O2S2/c1-15(27)16-7-11-19(12-8-16)25-23(29)26-20-3-2-4-21(13-20)30-14-22(28)17-5-9-18(24)10-6-17/h2-13H,14H2,1H3,(H2,25,26,29). The smallest absolute Gasteiger partial charge is 0.175 e. The fourth-order valence-corrected chi connectivity index (χ4v) is 3.82. The van der Waals surface area contributed by atoms with Crippen molar-refractivity contribution in [3.63, 3.8) is 0 Å². The molecule has 0 aromatic heterocycles. The van der Waals surface area contributed by atoms with E-state index in [1.807, 2.05) is 24.3 Å². The molecule has 2 N–H and O–H groups in total. The molecule has 0 amide bonds. The Bertz CT molecular complexity index is 1070. The van der Waals surface area contributed by atoms with Crippen molar-refractivity contribution in [1.29, 1.82) is 0 Å². The highest BCUT2D eigenvalue weighted by Gasteiger charge is 2.08. The van der Waals surface area contributed by atoms with Crippen LogP contribution in [-0.2, 0) is 0 Å². The average Bonchev–Trinajstić information content (AvgIpc) is 2.73. The van der Waals surface area contributed by atoms with Gasteiger partial charge in [-0.2, -0.15) is 0 Å². The number of benzene rings is 3. The SMILES string of the molecule is CC(=O)c1ccc(NC(=S)Nc2cccc(SCC(=O)c3ccc(Cl)cc3)c2)cc1. The molecule has 7 heteroatoms. The third kappa shape index (κ3) is 6.42. The summed E-state index contributed by atoms with van der Waals surface area (Å²) in [5.74, 6) is 0.392. The fourth-order valence-electron chi connectivity index (χ4n) is 2.61. The van der Waals surface area contributed by atoms with E-state index in [2.05, 4.69) is 10.6 Å². The lowest BCUT2D eigenvalue weighted by molar-refractivity contribution is 0.101. The van der Waals surface area contributed by atoms with E-state index in [1.165, 1.54) is 18.7 Å². The van der Waals surface area contributed by atoms with E-state index in [0.29, 0.717) is 27.0 Å². The predicted octanol–water partition coefficient (Wildman–Crippen LogP) is 6.33. The number of Topliss-reactive ketones (excluding diaryl/α,β-unsaturated/α-hetero) is 2. The molecule has 0 saturated carbocycles. The highest BCUT2D eigenvalue weighted by Crippen LogP contribution is 2.23. The number of halogens is 1. The Hall–Kier alpha value is -2.67. The molecule has 0 unspecified atom stereocenters. The molecular weight excluding hydrogens is 436 g/mol. The van der Waals surface area contributed by atoms with Gasteiger partial charge in [0, 0.05) is 32.4 Å². The minimum atomic E-state index is 0.0195. The van der Waals surface area contributed by atoms with E-state index in [0.717, 1.165) is 16.3 Å². The molecule has 0 atom stereocenters. The largest absolute Gasteiger partial charge is 0.332 e. The molecular formula is C23H19ClN2O2S2. The molecule has 0 aliphatic carbocycles. The fraction of sp³-hybridized carbons (Fsp3) is 0.0870. The molecule has 0 spiro atoms. The van der Waals surface area contributed by atoms with Gasteiger partial charge in [-0.1, -0.05) is 17.7 Å². The third-order valence-electron chi connectivity index (χ3n) is 4.18. The van der Waals surface area contributed by atoms with Gasteiger partial charge < -0.3 is 10.6 Å². The van der Waals surface area contributed by atoms with Crippen LogP contribution in [0.15, 0.2) is 77.7 Å². The summed E-state index contributed by atoms with van der Waals surface area (Å²) in [7, 11) is 0. The Labute approximate surface area is 190 Å². The molecule has 3 rings (SSSR count). The summed E-state index contributed by atoms with van der Waals surface area (Å²) in [5, 5.41) is 7.27. The van der Waals surface area contributed by atoms with Crippen LogP contribution in [0.25, 0.3) is 0 Å². The zero-order valence-corrected chi connectivity index (χ0v) is 18.5. The molecule has 0 saturated heterocycles. The van der Waals surface area contributed by atoms with Gasteiger partial charge in [-0.15, -0.1) is 11.8 Å². The van der Waals surface area contributed by atoms with Crippen LogP contribution in [0.5, 0.6) is 0 Å². The maximum atomic E-state index is 12.3. The molecule has 3 aromatic rings. The molecule has 0 aliphatic rings. The predicted molar refractivity (Wildman–Crippen MR) is 129 cm³/mol. The molecule has 0 fully saturated rings. The number of hydrogen-bond acceptors (Lipinski definition) is 4. The Balaban J connectivity index is 1.55. The van der Waals surface area contributed by atoms with Crippen molar-refractivity contribution < 1.29 is 9.59 Å². The quantitative estimate of drug-likeness (QED) is 0.247. The molecule has 0 radical (unpaired) electrons. The molecule has 0 aliphatic heterocycles. The molecule has 0 bridgehead atoms. The van der Waals surface area contributed by atoms with Crippen LogP contribution in [0.4, 0.5) is 11.4 Å². The second kappa shape index (κ2) is 10.4. The Morgan fingerprint density at radius 1 is 0.900 bits per heavy atom. The van der Waals surface area contributed by atoms with E-state index >= 15 is 0 Å². The average molecular weight is 455 g/mol. The van der Waals surface area contributed by atoms with Crippen LogP contribution in [0.3, 0.4) is 0 Å². The number of rotatable bonds is 7. The van der Waals surface area contributed by atoms with Gasteiger partial charge in [0.15, 0.2) is 16.7 Å². The van der Waals surface area contributed by atoms with Gasteiger partial charge in [-0.25, -0.2) is 0 Å². The lowest BCUT2D eigenvalue weighted by Gasteiger charge is -2.12. The number of ketones is 2. The van der Waals surface area contributed by atoms with Crippen molar-refractivity contribution in [1.82, 2.24) is 0 Å². The van der Waals surface area contributed by atoms with Gasteiger partial charge in [0.2, 0.25) is 0 Å². The monoisotopic (exact) mass is 454 g/mol. The summed E-state index contributed by atoms with van der Waals surface area (Å²) < 4.78 is 0. The van der Waals surface area contributed by atoms with Crippen LogP contribution in [-0.4, -0.2) is 22.4 Å². The van der Waals surface area contributed by atoms with Crippen LogP contribution >= 0.6 is 35.6 Å². The Kier molecular flexibility index (Phi) is 7.63. The lowest BCUT2D eigenvalue weighted by Crippen LogP contribution is -2.19. The first-order valence-electron chi connectivity index (χ1n) is 9.11. The Morgan fingerprint density at radius 2 is 1.53 bits per heavy atom. The Morgan fingerprint density at radius 3 is 2.20 bits per heavy atom. The maximum absolute atomic E-state index is 12.3. The molecule has 152 valence electrons. The second-order valence-corrected chi connectivity index (χ2v) is 8.35. The number of hydrogen-bond donors (Lipinski definition) is 2. The molecule has 4 nitrogen and oxygen atoms in total. The number of nitrogens with one attached hydrogen (secondary N) is 2. The minimum absolute atomic E-state index is 0.0195. The highest BCUT2D eigenvalue weighted by atomic mass is 35.5. The van der Waals surface area contributed by atoms with Gasteiger partial charge in [-0.3, -0.25) is 9.59 Å². The maximum Gasteiger partial charge on any atom is 0.175 e. The first-order valence-corrected chi connectivity index (χ1v) is 10.9. The van der Waals surface area contributed by atoms with Crippen LogP contribution in [0, 0.1) is 0 Å². The van der Waals surface area contributed by atoms with Crippen molar-refractivity contribution in [2.24, 2.45) is 0 Å². The van der Waals surface area contributed by atoms with E-state index in [-0.39, 0.29) is 11.6 Å². The number of carbonyl (C=O) groups excluding carboxylic acids is 2. The van der Waals surface area contributed by atoms with Gasteiger partial charge in [0.25, 0.3) is 0 Å². The van der Waals surface area contributed by atoms with Gasteiger partial charge in [0.1, 0.15) is 0 Å². The topological polar surface area (TPSA) is 58.2 Å². The van der Waals surface area contributed by atoms with Crippen LogP contribution in [0.2, 0.25) is 5.02 Å². The van der Waals surface area contributed by atoms with E-state index in [1.54, 1.807) is 48.5 Å². The summed E-state index contributed by atoms with van der Waals surface area (Å²) in [5.41, 5.74) is 2.90. The first-order chi connectivity index (χ1) is 14.4. The first kappa shape index (κ1) is 22.0. The van der Waals surface area contributed by atoms with E-state index in [4.69, 9.17) is 23.8 Å². The number of thioether (sulfide) groups is 1. The third-order valence-corrected chi connectivity index (χ3v) is 5.63. The van der Waals surface area contributed by atoms with Crippen molar-refractivity contribution in [2.45, 2.75) is 11.8 Å². The zero-order valence-electron chi connectivity index (χ0n) is 16.1. The molecule has 0 heterocycles. The van der Waals surface area contributed by atoms with Crippen molar-refractivity contribution in [3.8, 4) is 0 Å². The molecule has 3 aromatic carbocycles. The van der Waals surface area contributed by atoms with Gasteiger partial charge in [0.05, 0.1) is 5.75 Å². The van der Waals surface area contributed by atoms with Gasteiger partial charge >= 0.3 is 0 Å². The number of thiocarbonyl (C=S) groups is 1. The summed E-state index contributed by atoms with van der Waals surface area (Å²) in [4.78, 5) is 24.6. The molecule has 30 heavy (non-hydrogen) atoms. The number of anilines is 2. The summed E-state index contributed by atoms with van der Waals surface area (Å²) >= 11 is 12.7. The van der Waals surface area contributed by atoms with Crippen molar-refractivity contribution in [2.75, 3.05) is 16.4 Å². The highest BCUT2D eigenvalue weighted by molar-refractivity contribution is 8.00. The van der Waals surface area contributed by atoms with E-state index in [9.17, 15) is 9.59 Å². The normalized spacial score (nSPS) is 10.3. The van der Waals surface area contributed by atoms with Crippen LogP contribution in [0.1, 0.15) is 27.6 Å². The van der Waals surface area contributed by atoms with Crippen LogP contribution < -0.4 is 10.6 Å². The minimum Gasteiger partial charge on any atom is -0.332 e. The van der Waals surface area contributed by atoms with Crippen molar-refractivity contribution >= 4 is 63.6 Å². The van der Waals surface area contributed by atoms with Gasteiger partial charge in [-0.05, 0) is 85.9 Å². The van der Waals surface area contributed by atoms with Crippen molar-refractivity contribution in [3.05, 3.63) is 88.9 Å². The second-order valence-electron chi connectivity index (χ2n) is 6.46. The number of carbonyl (C=O) groups is 2.